The van der Waals surface area contributed by atoms with E-state index in [9.17, 15) is 4.79 Å². The Morgan fingerprint density at radius 1 is 1.41 bits per heavy atom. The summed E-state index contributed by atoms with van der Waals surface area (Å²) in [6, 6.07) is 5.60. The molecule has 0 aliphatic carbocycles. The zero-order valence-electron chi connectivity index (χ0n) is 9.32. The molecule has 4 nitrogen and oxygen atoms in total. The van der Waals surface area contributed by atoms with E-state index < -0.39 is 5.97 Å². The van der Waals surface area contributed by atoms with Gasteiger partial charge in [-0.1, -0.05) is 15.9 Å². The number of aromatic nitrogens is 1. The minimum atomic E-state index is -1.08. The average Bonchev–Trinajstić information content (AvgIpc) is 2.64. The first kappa shape index (κ1) is 11.9. The SMILES string of the molecule is Cc1cc(-c2nc(C(=O)O)c(C)o2)ccc1Br. The highest BCUT2D eigenvalue weighted by Gasteiger charge is 2.17. The highest BCUT2D eigenvalue weighted by molar-refractivity contribution is 9.10. The number of nitrogens with zero attached hydrogens (tertiary/aromatic N) is 1. The van der Waals surface area contributed by atoms with E-state index in [0.29, 0.717) is 11.7 Å². The molecule has 88 valence electrons. The molecule has 1 aromatic carbocycles. The lowest BCUT2D eigenvalue weighted by molar-refractivity contribution is 0.0689. The third-order valence-electron chi connectivity index (χ3n) is 2.40. The van der Waals surface area contributed by atoms with E-state index >= 15 is 0 Å². The van der Waals surface area contributed by atoms with Gasteiger partial charge in [0.05, 0.1) is 0 Å². The van der Waals surface area contributed by atoms with Crippen molar-refractivity contribution in [3.8, 4) is 11.5 Å². The largest absolute Gasteiger partial charge is 0.476 e. The van der Waals surface area contributed by atoms with Crippen LogP contribution in [0.25, 0.3) is 11.5 Å². The first-order valence-corrected chi connectivity index (χ1v) is 5.75. The Bertz CT molecular complexity index is 589. The summed E-state index contributed by atoms with van der Waals surface area (Å²) in [4.78, 5) is 14.8. The van der Waals surface area contributed by atoms with Crippen molar-refractivity contribution in [1.29, 1.82) is 0 Å². The van der Waals surface area contributed by atoms with E-state index in [2.05, 4.69) is 20.9 Å². The molecule has 1 N–H and O–H groups in total. The molecule has 1 heterocycles. The van der Waals surface area contributed by atoms with Gasteiger partial charge >= 0.3 is 5.97 Å². The van der Waals surface area contributed by atoms with Crippen LogP contribution in [-0.2, 0) is 0 Å². The third-order valence-corrected chi connectivity index (χ3v) is 3.29. The number of hydrogen-bond acceptors (Lipinski definition) is 3. The molecule has 0 amide bonds. The maximum Gasteiger partial charge on any atom is 0.358 e. The van der Waals surface area contributed by atoms with Crippen molar-refractivity contribution >= 4 is 21.9 Å². The van der Waals surface area contributed by atoms with Crippen molar-refractivity contribution in [3.63, 3.8) is 0 Å². The monoisotopic (exact) mass is 295 g/mol. The molecule has 0 spiro atoms. The highest BCUT2D eigenvalue weighted by Crippen LogP contribution is 2.26. The summed E-state index contributed by atoms with van der Waals surface area (Å²) in [5.74, 6) is -0.435. The quantitative estimate of drug-likeness (QED) is 0.922. The molecule has 17 heavy (non-hydrogen) atoms. The van der Waals surface area contributed by atoms with Crippen LogP contribution in [0, 0.1) is 13.8 Å². The van der Waals surface area contributed by atoms with Gasteiger partial charge in [-0.3, -0.25) is 0 Å². The number of carboxylic acids is 1. The minimum Gasteiger partial charge on any atom is -0.476 e. The molecule has 5 heteroatoms. The van der Waals surface area contributed by atoms with E-state index in [0.717, 1.165) is 15.6 Å². The number of benzene rings is 1. The minimum absolute atomic E-state index is 0.0411. The second-order valence-corrected chi connectivity index (χ2v) is 4.55. The zero-order chi connectivity index (χ0) is 12.6. The maximum absolute atomic E-state index is 10.9. The molecule has 0 aliphatic heterocycles. The summed E-state index contributed by atoms with van der Waals surface area (Å²) in [6.45, 7) is 3.53. The number of aryl methyl sites for hydroxylation is 2. The Balaban J connectivity index is 2.50. The predicted octanol–water partition coefficient (Wildman–Crippen LogP) is 3.42. The van der Waals surface area contributed by atoms with Gasteiger partial charge in [0.1, 0.15) is 5.76 Å². The average molecular weight is 296 g/mol. The molecular formula is C12H10BrNO3. The van der Waals surface area contributed by atoms with Gasteiger partial charge in [0, 0.05) is 10.0 Å². The molecule has 2 rings (SSSR count). The number of carbonyl (C=O) groups is 1. The molecule has 2 aromatic rings. The molecule has 0 fully saturated rings. The lowest BCUT2D eigenvalue weighted by atomic mass is 10.1. The van der Waals surface area contributed by atoms with Crippen LogP contribution in [0.1, 0.15) is 21.8 Å². The van der Waals surface area contributed by atoms with Gasteiger partial charge in [0.25, 0.3) is 0 Å². The standard InChI is InChI=1S/C12H10BrNO3/c1-6-5-8(3-4-9(6)13)11-14-10(12(15)16)7(2)17-11/h3-5H,1-2H3,(H,15,16). The van der Waals surface area contributed by atoms with Crippen LogP contribution in [0.2, 0.25) is 0 Å². The number of aromatic carboxylic acids is 1. The number of carboxylic acid groups (broad SMARTS) is 1. The van der Waals surface area contributed by atoms with Crippen molar-refractivity contribution in [3.05, 3.63) is 39.7 Å². The highest BCUT2D eigenvalue weighted by atomic mass is 79.9. The summed E-state index contributed by atoms with van der Waals surface area (Å²) in [5, 5.41) is 8.89. The van der Waals surface area contributed by atoms with Gasteiger partial charge in [0.15, 0.2) is 5.69 Å². The molecule has 0 atom stereocenters. The lowest BCUT2D eigenvalue weighted by Crippen LogP contribution is -1.98. The van der Waals surface area contributed by atoms with Crippen LogP contribution in [0.3, 0.4) is 0 Å². The molecule has 0 saturated heterocycles. The van der Waals surface area contributed by atoms with Crippen molar-refractivity contribution in [2.75, 3.05) is 0 Å². The maximum atomic E-state index is 10.9. The fourth-order valence-electron chi connectivity index (χ4n) is 1.50. The zero-order valence-corrected chi connectivity index (χ0v) is 10.9. The van der Waals surface area contributed by atoms with Crippen LogP contribution < -0.4 is 0 Å². The summed E-state index contributed by atoms with van der Waals surface area (Å²) >= 11 is 3.40. The van der Waals surface area contributed by atoms with Crippen molar-refractivity contribution in [1.82, 2.24) is 4.98 Å². The van der Waals surface area contributed by atoms with Gasteiger partial charge in [-0.25, -0.2) is 9.78 Å². The normalized spacial score (nSPS) is 10.5. The van der Waals surface area contributed by atoms with E-state index in [4.69, 9.17) is 9.52 Å². The first-order valence-electron chi connectivity index (χ1n) is 4.96. The fourth-order valence-corrected chi connectivity index (χ4v) is 1.74. The number of oxazole rings is 1. The number of halogens is 1. The molecular weight excluding hydrogens is 286 g/mol. The van der Waals surface area contributed by atoms with Crippen LogP contribution in [-0.4, -0.2) is 16.1 Å². The second kappa shape index (κ2) is 4.33. The fraction of sp³-hybridized carbons (Fsp3) is 0.167. The summed E-state index contributed by atoms with van der Waals surface area (Å²) in [5.41, 5.74) is 1.76. The summed E-state index contributed by atoms with van der Waals surface area (Å²) in [6.07, 6.45) is 0. The molecule has 0 unspecified atom stereocenters. The van der Waals surface area contributed by atoms with E-state index in [1.807, 2.05) is 25.1 Å². The lowest BCUT2D eigenvalue weighted by Gasteiger charge is -1.99. The van der Waals surface area contributed by atoms with Crippen molar-refractivity contribution < 1.29 is 14.3 Å². The van der Waals surface area contributed by atoms with Crippen LogP contribution in [0.4, 0.5) is 0 Å². The predicted molar refractivity (Wildman–Crippen MR) is 66.1 cm³/mol. The number of hydrogen-bond donors (Lipinski definition) is 1. The Labute approximate surface area is 106 Å². The summed E-state index contributed by atoms with van der Waals surface area (Å²) in [7, 11) is 0. The van der Waals surface area contributed by atoms with Crippen molar-refractivity contribution in [2.45, 2.75) is 13.8 Å². The molecule has 0 saturated carbocycles. The van der Waals surface area contributed by atoms with Crippen LogP contribution in [0.5, 0.6) is 0 Å². The molecule has 0 bridgehead atoms. The van der Waals surface area contributed by atoms with Gasteiger partial charge in [-0.05, 0) is 37.6 Å². The Kier molecular flexibility index (Phi) is 3.02. The second-order valence-electron chi connectivity index (χ2n) is 3.69. The van der Waals surface area contributed by atoms with Gasteiger partial charge < -0.3 is 9.52 Å². The van der Waals surface area contributed by atoms with Crippen LogP contribution >= 0.6 is 15.9 Å². The molecule has 0 radical (unpaired) electrons. The van der Waals surface area contributed by atoms with E-state index in [1.54, 1.807) is 6.92 Å². The molecule has 0 aliphatic rings. The number of rotatable bonds is 2. The van der Waals surface area contributed by atoms with Crippen LogP contribution in [0.15, 0.2) is 27.1 Å². The Morgan fingerprint density at radius 2 is 2.12 bits per heavy atom. The van der Waals surface area contributed by atoms with Gasteiger partial charge in [0.2, 0.25) is 5.89 Å². The molecule has 1 aromatic heterocycles. The Hall–Kier alpha value is -1.62. The van der Waals surface area contributed by atoms with Gasteiger partial charge in [-0.2, -0.15) is 0 Å². The van der Waals surface area contributed by atoms with Crippen molar-refractivity contribution in [2.24, 2.45) is 0 Å². The topological polar surface area (TPSA) is 63.3 Å². The first-order chi connectivity index (χ1) is 7.99. The third kappa shape index (κ3) is 2.24. The smallest absolute Gasteiger partial charge is 0.358 e. The summed E-state index contributed by atoms with van der Waals surface area (Å²) < 4.78 is 6.34. The van der Waals surface area contributed by atoms with E-state index in [-0.39, 0.29) is 5.69 Å². The van der Waals surface area contributed by atoms with E-state index in [1.165, 1.54) is 0 Å². The Morgan fingerprint density at radius 3 is 2.65 bits per heavy atom. The van der Waals surface area contributed by atoms with Gasteiger partial charge in [-0.15, -0.1) is 0 Å².